The van der Waals surface area contributed by atoms with Crippen LogP contribution in [0.3, 0.4) is 0 Å². The van der Waals surface area contributed by atoms with Crippen molar-refractivity contribution in [3.63, 3.8) is 0 Å². The Kier molecular flexibility index (Phi) is 3.14. The van der Waals surface area contributed by atoms with Gasteiger partial charge in [-0.25, -0.2) is 0 Å². The molecule has 0 fully saturated rings. The van der Waals surface area contributed by atoms with Gasteiger partial charge in [-0.1, -0.05) is 54.6 Å². The normalized spacial score (nSPS) is 21.7. The van der Waals surface area contributed by atoms with Crippen molar-refractivity contribution < 1.29 is 9.15 Å². The first kappa shape index (κ1) is 16.1. The largest absolute Gasteiger partial charge is 0.484 e. The molecule has 7 rings (SSSR count). The number of ether oxygens (including phenoxy) is 1. The highest BCUT2D eigenvalue weighted by Gasteiger charge is 2.39. The Morgan fingerprint density at radius 3 is 2.77 bits per heavy atom. The number of rotatable bonds is 1. The summed E-state index contributed by atoms with van der Waals surface area (Å²) in [7, 11) is 0. The lowest BCUT2D eigenvalue weighted by atomic mass is 9.91. The summed E-state index contributed by atoms with van der Waals surface area (Å²) >= 11 is 0. The SMILES string of the molecule is C1=CC2C(C=C1c1cccc3oc4ccccc4c13)N=C1COc3ccccc3N12. The van der Waals surface area contributed by atoms with Crippen molar-refractivity contribution in [1.29, 1.82) is 0 Å². The summed E-state index contributed by atoms with van der Waals surface area (Å²) in [6, 6.07) is 23.0. The molecule has 1 aromatic heterocycles. The minimum Gasteiger partial charge on any atom is -0.484 e. The summed E-state index contributed by atoms with van der Waals surface area (Å²) in [6.45, 7) is 0.517. The highest BCUT2D eigenvalue weighted by Crippen LogP contribution is 2.41. The highest BCUT2D eigenvalue weighted by molar-refractivity contribution is 6.11. The number of hydrogen-bond donors (Lipinski definition) is 0. The molecule has 4 aromatic rings. The van der Waals surface area contributed by atoms with Crippen LogP contribution >= 0.6 is 0 Å². The molecule has 3 heterocycles. The third kappa shape index (κ3) is 2.13. The first-order chi connectivity index (χ1) is 14.9. The second kappa shape index (κ2) is 5.86. The average Bonchev–Trinajstić information content (AvgIpc) is 3.36. The summed E-state index contributed by atoms with van der Waals surface area (Å²) in [5.74, 6) is 1.92. The van der Waals surface area contributed by atoms with Gasteiger partial charge in [0.15, 0.2) is 0 Å². The molecule has 144 valence electrons. The van der Waals surface area contributed by atoms with Crippen LogP contribution in [-0.2, 0) is 0 Å². The molecule has 0 amide bonds. The number of fused-ring (bicyclic) bond motifs is 8. The lowest BCUT2D eigenvalue weighted by Gasteiger charge is -2.33. The first-order valence-corrected chi connectivity index (χ1v) is 10.3. The topological polar surface area (TPSA) is 38.0 Å². The Balaban J connectivity index is 1.35. The highest BCUT2D eigenvalue weighted by atomic mass is 16.5. The zero-order chi connectivity index (χ0) is 19.7. The zero-order valence-corrected chi connectivity index (χ0v) is 16.2. The monoisotopic (exact) mass is 390 g/mol. The van der Waals surface area contributed by atoms with Crippen molar-refractivity contribution in [2.45, 2.75) is 12.1 Å². The van der Waals surface area contributed by atoms with E-state index in [1.54, 1.807) is 0 Å². The van der Waals surface area contributed by atoms with Gasteiger partial charge in [0.05, 0.1) is 17.8 Å². The summed E-state index contributed by atoms with van der Waals surface area (Å²) in [5.41, 5.74) is 5.31. The third-order valence-corrected chi connectivity index (χ3v) is 6.24. The van der Waals surface area contributed by atoms with Gasteiger partial charge in [0.1, 0.15) is 29.4 Å². The average molecular weight is 390 g/mol. The van der Waals surface area contributed by atoms with Crippen LogP contribution in [0.4, 0.5) is 5.69 Å². The van der Waals surface area contributed by atoms with Crippen LogP contribution in [0, 0.1) is 0 Å². The summed E-state index contributed by atoms with van der Waals surface area (Å²) in [6.07, 6.45) is 6.79. The molecule has 0 spiro atoms. The maximum Gasteiger partial charge on any atom is 0.146 e. The molecular formula is C26H18N2O2. The van der Waals surface area contributed by atoms with Gasteiger partial charge < -0.3 is 14.1 Å². The first-order valence-electron chi connectivity index (χ1n) is 10.3. The molecule has 0 radical (unpaired) electrons. The van der Waals surface area contributed by atoms with E-state index in [9.17, 15) is 0 Å². The Morgan fingerprint density at radius 1 is 0.900 bits per heavy atom. The lowest BCUT2D eigenvalue weighted by Crippen LogP contribution is -2.43. The number of anilines is 1. The Hall–Kier alpha value is -3.79. The van der Waals surface area contributed by atoms with Gasteiger partial charge in [-0.05, 0) is 41.5 Å². The number of benzene rings is 3. The second-order valence-electron chi connectivity index (χ2n) is 7.91. The molecule has 4 nitrogen and oxygen atoms in total. The molecule has 2 unspecified atom stereocenters. The van der Waals surface area contributed by atoms with Crippen LogP contribution in [0.5, 0.6) is 5.75 Å². The van der Waals surface area contributed by atoms with E-state index in [0.717, 1.165) is 33.8 Å². The number of para-hydroxylation sites is 3. The molecule has 0 saturated carbocycles. The van der Waals surface area contributed by atoms with E-state index < -0.39 is 0 Å². The molecule has 2 atom stereocenters. The van der Waals surface area contributed by atoms with E-state index in [-0.39, 0.29) is 12.1 Å². The smallest absolute Gasteiger partial charge is 0.146 e. The number of hydrogen-bond acceptors (Lipinski definition) is 4. The molecule has 2 aliphatic heterocycles. The van der Waals surface area contributed by atoms with Gasteiger partial charge in [0, 0.05) is 10.8 Å². The van der Waals surface area contributed by atoms with Crippen LogP contribution in [-0.4, -0.2) is 24.5 Å². The molecule has 0 saturated heterocycles. The Bertz CT molecular complexity index is 1430. The van der Waals surface area contributed by atoms with E-state index in [2.05, 4.69) is 59.5 Å². The zero-order valence-electron chi connectivity index (χ0n) is 16.2. The predicted octanol–water partition coefficient (Wildman–Crippen LogP) is 5.59. The predicted molar refractivity (Wildman–Crippen MR) is 120 cm³/mol. The quantitative estimate of drug-likeness (QED) is 0.425. The summed E-state index contributed by atoms with van der Waals surface area (Å²) < 4.78 is 12.0. The van der Waals surface area contributed by atoms with Crippen molar-refractivity contribution in [3.8, 4) is 5.75 Å². The molecule has 0 N–H and O–H groups in total. The number of nitrogens with zero attached hydrogens (tertiary/aromatic N) is 2. The minimum atomic E-state index is 0.0724. The fourth-order valence-corrected chi connectivity index (χ4v) is 4.93. The number of amidine groups is 1. The van der Waals surface area contributed by atoms with Crippen molar-refractivity contribution in [1.82, 2.24) is 0 Å². The molecule has 4 heteroatoms. The van der Waals surface area contributed by atoms with Crippen molar-refractivity contribution in [2.75, 3.05) is 11.5 Å². The fourth-order valence-electron chi connectivity index (χ4n) is 4.93. The van der Waals surface area contributed by atoms with Crippen molar-refractivity contribution >= 4 is 39.0 Å². The molecule has 1 aliphatic carbocycles. The van der Waals surface area contributed by atoms with E-state index in [1.165, 1.54) is 16.5 Å². The van der Waals surface area contributed by atoms with E-state index in [4.69, 9.17) is 14.1 Å². The molecule has 30 heavy (non-hydrogen) atoms. The summed E-state index contributed by atoms with van der Waals surface area (Å²) in [5, 5.41) is 2.32. The van der Waals surface area contributed by atoms with Crippen LogP contribution in [0.1, 0.15) is 5.56 Å². The number of allylic oxidation sites excluding steroid dienone is 2. The van der Waals surface area contributed by atoms with Gasteiger partial charge in [-0.15, -0.1) is 0 Å². The Morgan fingerprint density at radius 2 is 1.77 bits per heavy atom. The maximum atomic E-state index is 6.08. The van der Waals surface area contributed by atoms with Crippen LogP contribution < -0.4 is 9.64 Å². The Labute approximate surface area is 173 Å². The third-order valence-electron chi connectivity index (χ3n) is 6.24. The fraction of sp³-hybridized carbons (Fsp3) is 0.115. The van der Waals surface area contributed by atoms with Crippen LogP contribution in [0.2, 0.25) is 0 Å². The van der Waals surface area contributed by atoms with Gasteiger partial charge >= 0.3 is 0 Å². The molecule has 3 aromatic carbocycles. The van der Waals surface area contributed by atoms with Crippen molar-refractivity contribution in [2.24, 2.45) is 4.99 Å². The number of aliphatic imine (C=N–C) groups is 1. The number of furan rings is 1. The van der Waals surface area contributed by atoms with E-state index >= 15 is 0 Å². The summed E-state index contributed by atoms with van der Waals surface area (Å²) in [4.78, 5) is 7.32. The molecule has 3 aliphatic rings. The maximum absolute atomic E-state index is 6.08. The molecule has 0 bridgehead atoms. The molecular weight excluding hydrogens is 372 g/mol. The van der Waals surface area contributed by atoms with Gasteiger partial charge in [0.25, 0.3) is 0 Å². The standard InChI is InChI=1S/C26H18N2O2/c1-3-9-22-18(6-1)26-17(7-5-11-24(26)30-22)16-12-13-20-19(14-16)27-25-15-29-23-10-4-2-8-21(23)28(20)25/h1-14,19-20H,15H2. The lowest BCUT2D eigenvalue weighted by molar-refractivity contribution is 0.367. The van der Waals surface area contributed by atoms with E-state index in [1.807, 2.05) is 30.3 Å². The van der Waals surface area contributed by atoms with Gasteiger partial charge in [-0.2, -0.15) is 0 Å². The van der Waals surface area contributed by atoms with Crippen molar-refractivity contribution in [3.05, 3.63) is 90.5 Å². The van der Waals surface area contributed by atoms with Crippen LogP contribution in [0.25, 0.3) is 27.5 Å². The van der Waals surface area contributed by atoms with Gasteiger partial charge in [0.2, 0.25) is 0 Å². The second-order valence-corrected chi connectivity index (χ2v) is 7.91. The minimum absolute atomic E-state index is 0.0724. The van der Waals surface area contributed by atoms with Crippen LogP contribution in [0.15, 0.2) is 94.4 Å². The van der Waals surface area contributed by atoms with E-state index in [0.29, 0.717) is 6.61 Å². The van der Waals surface area contributed by atoms with Gasteiger partial charge in [-0.3, -0.25) is 4.99 Å².